The van der Waals surface area contributed by atoms with Gasteiger partial charge < -0.3 is 10.2 Å². The van der Waals surface area contributed by atoms with Crippen molar-refractivity contribution in [3.63, 3.8) is 0 Å². The van der Waals surface area contributed by atoms with Gasteiger partial charge in [-0.15, -0.1) is 12.4 Å². The third kappa shape index (κ3) is 5.91. The van der Waals surface area contributed by atoms with Gasteiger partial charge in [0.05, 0.1) is 17.0 Å². The Labute approximate surface area is 132 Å². The highest BCUT2D eigenvalue weighted by Gasteiger charge is 2.17. The van der Waals surface area contributed by atoms with E-state index >= 15 is 0 Å². The molecule has 2 N–H and O–H groups in total. The molecule has 0 aliphatic rings. The Morgan fingerprint density at radius 1 is 1.29 bits per heavy atom. The van der Waals surface area contributed by atoms with E-state index < -0.39 is 10.0 Å². The van der Waals surface area contributed by atoms with Gasteiger partial charge in [0.2, 0.25) is 10.0 Å². The second kappa shape index (κ2) is 8.86. The summed E-state index contributed by atoms with van der Waals surface area (Å²) < 4.78 is 25.7. The van der Waals surface area contributed by atoms with Crippen LogP contribution in [0.2, 0.25) is 0 Å². The Kier molecular flexibility index (Phi) is 8.31. The minimum atomic E-state index is -3.40. The first-order valence-electron chi connectivity index (χ1n) is 6.41. The summed E-state index contributed by atoms with van der Waals surface area (Å²) in [5.74, 6) is -0.250. The molecule has 0 unspecified atom stereocenters. The summed E-state index contributed by atoms with van der Waals surface area (Å²) in [6.07, 6.45) is 0. The molecule has 1 amide bonds. The van der Waals surface area contributed by atoms with Crippen LogP contribution in [0.4, 0.5) is 5.69 Å². The number of anilines is 1. The number of likely N-dealkylation sites (N-methyl/N-ethyl adjacent to an activating group) is 2. The van der Waals surface area contributed by atoms with Gasteiger partial charge in [-0.1, -0.05) is 12.1 Å². The molecule has 0 saturated heterocycles. The van der Waals surface area contributed by atoms with Crippen molar-refractivity contribution in [2.24, 2.45) is 0 Å². The van der Waals surface area contributed by atoms with Gasteiger partial charge in [-0.25, -0.2) is 8.42 Å². The van der Waals surface area contributed by atoms with Gasteiger partial charge in [-0.05, 0) is 26.1 Å². The summed E-state index contributed by atoms with van der Waals surface area (Å²) in [5.41, 5.74) is 0.666. The molecule has 0 saturated carbocycles. The quantitative estimate of drug-likeness (QED) is 0.783. The normalized spacial score (nSPS) is 10.6. The SMILES string of the molecule is CCS(=O)(=O)Nc1ccccc1C(=O)N(C)CCNC.Cl. The molecule has 0 spiro atoms. The third-order valence-electron chi connectivity index (χ3n) is 2.85. The van der Waals surface area contributed by atoms with Crippen molar-refractivity contribution in [3.05, 3.63) is 29.8 Å². The van der Waals surface area contributed by atoms with Crippen LogP contribution in [0.25, 0.3) is 0 Å². The number of halogens is 1. The smallest absolute Gasteiger partial charge is 0.255 e. The van der Waals surface area contributed by atoms with E-state index in [1.165, 1.54) is 0 Å². The number of amides is 1. The number of carbonyl (C=O) groups excluding carboxylic acids is 1. The average molecular weight is 336 g/mol. The third-order valence-corrected chi connectivity index (χ3v) is 4.14. The standard InChI is InChI=1S/C13H21N3O3S.ClH/c1-4-20(18,19)15-12-8-6-5-7-11(12)13(17)16(3)10-9-14-2;/h5-8,14-15H,4,9-10H2,1-3H3;1H. The van der Waals surface area contributed by atoms with Crippen LogP contribution in [0.15, 0.2) is 24.3 Å². The highest BCUT2D eigenvalue weighted by atomic mass is 35.5. The molecule has 1 aromatic rings. The van der Waals surface area contributed by atoms with Crippen LogP contribution in [0.1, 0.15) is 17.3 Å². The molecular weight excluding hydrogens is 314 g/mol. The van der Waals surface area contributed by atoms with Crippen LogP contribution in [-0.2, 0) is 10.0 Å². The zero-order chi connectivity index (χ0) is 15.2. The number of rotatable bonds is 7. The molecule has 120 valence electrons. The Hall–Kier alpha value is -1.31. The molecule has 0 bridgehead atoms. The summed E-state index contributed by atoms with van der Waals surface area (Å²) in [5, 5.41) is 2.96. The largest absolute Gasteiger partial charge is 0.340 e. The van der Waals surface area contributed by atoms with Crippen molar-refractivity contribution in [1.29, 1.82) is 0 Å². The lowest BCUT2D eigenvalue weighted by molar-refractivity contribution is 0.0798. The highest BCUT2D eigenvalue weighted by molar-refractivity contribution is 7.92. The van der Waals surface area contributed by atoms with Crippen molar-refractivity contribution in [2.75, 3.05) is 37.7 Å². The zero-order valence-electron chi connectivity index (χ0n) is 12.4. The Morgan fingerprint density at radius 3 is 2.48 bits per heavy atom. The van der Waals surface area contributed by atoms with Gasteiger partial charge in [0.25, 0.3) is 5.91 Å². The predicted octanol–water partition coefficient (Wildman–Crippen LogP) is 1.16. The van der Waals surface area contributed by atoms with E-state index in [2.05, 4.69) is 10.0 Å². The Bertz CT molecular complexity index is 564. The van der Waals surface area contributed by atoms with E-state index in [1.807, 2.05) is 7.05 Å². The highest BCUT2D eigenvalue weighted by Crippen LogP contribution is 2.18. The average Bonchev–Trinajstić information content (AvgIpc) is 2.44. The minimum Gasteiger partial charge on any atom is -0.340 e. The lowest BCUT2D eigenvalue weighted by Gasteiger charge is -2.19. The fourth-order valence-electron chi connectivity index (χ4n) is 1.58. The van der Waals surface area contributed by atoms with Crippen molar-refractivity contribution >= 4 is 34.0 Å². The summed E-state index contributed by atoms with van der Waals surface area (Å²) in [6.45, 7) is 2.76. The molecule has 0 heterocycles. The van der Waals surface area contributed by atoms with Crippen molar-refractivity contribution in [1.82, 2.24) is 10.2 Å². The molecule has 1 aromatic carbocycles. The van der Waals surface area contributed by atoms with Crippen LogP contribution in [0.5, 0.6) is 0 Å². The molecule has 21 heavy (non-hydrogen) atoms. The predicted molar refractivity (Wildman–Crippen MR) is 87.7 cm³/mol. The van der Waals surface area contributed by atoms with E-state index in [9.17, 15) is 13.2 Å². The monoisotopic (exact) mass is 335 g/mol. The van der Waals surface area contributed by atoms with Gasteiger partial charge >= 0.3 is 0 Å². The van der Waals surface area contributed by atoms with E-state index in [4.69, 9.17) is 0 Å². The first kappa shape index (κ1) is 19.7. The van der Waals surface area contributed by atoms with Gasteiger partial charge in [0.1, 0.15) is 0 Å². The van der Waals surface area contributed by atoms with Gasteiger partial charge in [-0.3, -0.25) is 9.52 Å². The summed E-state index contributed by atoms with van der Waals surface area (Å²) in [7, 11) is 0.0882. The fraction of sp³-hybridized carbons (Fsp3) is 0.462. The molecule has 0 fully saturated rings. The maximum Gasteiger partial charge on any atom is 0.255 e. The van der Waals surface area contributed by atoms with Crippen LogP contribution >= 0.6 is 12.4 Å². The van der Waals surface area contributed by atoms with E-state index in [0.717, 1.165) is 0 Å². The summed E-state index contributed by atoms with van der Waals surface area (Å²) in [6, 6.07) is 6.61. The first-order chi connectivity index (χ1) is 9.41. The minimum absolute atomic E-state index is 0. The van der Waals surface area contributed by atoms with Crippen molar-refractivity contribution in [2.45, 2.75) is 6.92 Å². The lowest BCUT2D eigenvalue weighted by atomic mass is 10.1. The number of hydrogen-bond donors (Lipinski definition) is 2. The molecule has 0 radical (unpaired) electrons. The van der Waals surface area contributed by atoms with Crippen LogP contribution in [0.3, 0.4) is 0 Å². The number of benzene rings is 1. The Morgan fingerprint density at radius 2 is 1.90 bits per heavy atom. The molecular formula is C13H22ClN3O3S. The van der Waals surface area contributed by atoms with Crippen LogP contribution < -0.4 is 10.0 Å². The molecule has 0 aliphatic carbocycles. The van der Waals surface area contributed by atoms with Crippen molar-refractivity contribution < 1.29 is 13.2 Å². The maximum atomic E-state index is 12.3. The van der Waals surface area contributed by atoms with E-state index in [1.54, 1.807) is 43.1 Å². The zero-order valence-corrected chi connectivity index (χ0v) is 14.1. The fourth-order valence-corrected chi connectivity index (χ4v) is 2.24. The number of nitrogens with one attached hydrogen (secondary N) is 2. The van der Waals surface area contributed by atoms with Crippen LogP contribution in [-0.4, -0.2) is 52.2 Å². The molecule has 0 aromatic heterocycles. The summed E-state index contributed by atoms with van der Waals surface area (Å²) >= 11 is 0. The molecule has 1 rings (SSSR count). The molecule has 0 atom stereocenters. The molecule has 8 heteroatoms. The molecule has 0 aliphatic heterocycles. The summed E-state index contributed by atoms with van der Waals surface area (Å²) in [4.78, 5) is 13.9. The van der Waals surface area contributed by atoms with Gasteiger partial charge in [-0.2, -0.15) is 0 Å². The number of hydrogen-bond acceptors (Lipinski definition) is 4. The molecule has 6 nitrogen and oxygen atoms in total. The van der Waals surface area contributed by atoms with Gasteiger partial charge in [0.15, 0.2) is 0 Å². The van der Waals surface area contributed by atoms with E-state index in [-0.39, 0.29) is 24.1 Å². The lowest BCUT2D eigenvalue weighted by Crippen LogP contribution is -2.33. The topological polar surface area (TPSA) is 78.5 Å². The number of sulfonamides is 1. The number of nitrogens with zero attached hydrogens (tertiary/aromatic N) is 1. The second-order valence-corrected chi connectivity index (χ2v) is 6.39. The number of carbonyl (C=O) groups is 1. The maximum absolute atomic E-state index is 12.3. The van der Waals surface area contributed by atoms with Crippen molar-refractivity contribution in [3.8, 4) is 0 Å². The van der Waals surface area contributed by atoms with Crippen LogP contribution in [0, 0.1) is 0 Å². The second-order valence-electron chi connectivity index (χ2n) is 4.38. The number of para-hydroxylation sites is 1. The first-order valence-corrected chi connectivity index (χ1v) is 8.06. The Balaban J connectivity index is 0.00000400. The van der Waals surface area contributed by atoms with Gasteiger partial charge in [0, 0.05) is 20.1 Å². The van der Waals surface area contributed by atoms with E-state index in [0.29, 0.717) is 24.3 Å².